The normalized spacial score (nSPS) is 23.3. The Bertz CT molecular complexity index is 1170. The fourth-order valence-electron chi connectivity index (χ4n) is 3.72. The number of ether oxygens (including phenoxy) is 4. The van der Waals surface area contributed by atoms with E-state index in [1.807, 2.05) is 22.6 Å². The third kappa shape index (κ3) is 6.10. The van der Waals surface area contributed by atoms with Crippen molar-refractivity contribution in [1.29, 1.82) is 0 Å². The summed E-state index contributed by atoms with van der Waals surface area (Å²) in [5.41, 5.74) is 0.749. The molecule has 8 nitrogen and oxygen atoms in total. The zero-order valence-corrected chi connectivity index (χ0v) is 21.1. The molecule has 1 N–H and O–H groups in total. The smallest absolute Gasteiger partial charge is 0.338 e. The van der Waals surface area contributed by atoms with E-state index in [-0.39, 0.29) is 16.7 Å². The number of hydrogen-bond acceptors (Lipinski definition) is 8. The predicted octanol–water partition coefficient (Wildman–Crippen LogP) is 3.82. The first-order valence-electron chi connectivity index (χ1n) is 11.2. The molecule has 0 aliphatic carbocycles. The molecule has 0 aromatic heterocycles. The van der Waals surface area contributed by atoms with Crippen LogP contribution in [-0.2, 0) is 18.9 Å². The number of rotatable bonds is 7. The lowest BCUT2D eigenvalue weighted by Gasteiger charge is -2.42. The van der Waals surface area contributed by atoms with Crippen molar-refractivity contribution in [3.8, 4) is 0 Å². The number of alkyl halides is 1. The minimum atomic E-state index is -1.63. The van der Waals surface area contributed by atoms with E-state index < -0.39 is 48.6 Å². The van der Waals surface area contributed by atoms with E-state index in [4.69, 9.17) is 18.9 Å². The number of aliphatic hydroxyl groups is 1. The maximum absolute atomic E-state index is 13.0. The van der Waals surface area contributed by atoms with Crippen molar-refractivity contribution < 1.29 is 38.4 Å². The molecule has 0 unspecified atom stereocenters. The molecule has 1 aliphatic heterocycles. The van der Waals surface area contributed by atoms with Crippen LogP contribution in [0.15, 0.2) is 91.0 Å². The van der Waals surface area contributed by atoms with Crippen LogP contribution in [0.25, 0.3) is 0 Å². The highest BCUT2D eigenvalue weighted by molar-refractivity contribution is 14.1. The average Bonchev–Trinajstić information content (AvgIpc) is 2.93. The van der Waals surface area contributed by atoms with E-state index in [1.54, 1.807) is 91.0 Å². The first-order valence-corrected chi connectivity index (χ1v) is 12.7. The van der Waals surface area contributed by atoms with Gasteiger partial charge in [-0.15, -0.1) is 0 Å². The highest BCUT2D eigenvalue weighted by atomic mass is 127. The van der Waals surface area contributed by atoms with Crippen LogP contribution in [0.3, 0.4) is 0 Å². The van der Waals surface area contributed by atoms with Crippen LogP contribution < -0.4 is 0 Å². The van der Waals surface area contributed by atoms with Gasteiger partial charge in [0.2, 0.25) is 0 Å². The molecule has 0 spiro atoms. The Morgan fingerprint density at radius 2 is 1.00 bits per heavy atom. The molecule has 3 aromatic rings. The molecule has 0 saturated carbocycles. The maximum atomic E-state index is 13.0. The number of benzene rings is 3. The Morgan fingerprint density at radius 3 is 1.39 bits per heavy atom. The topological polar surface area (TPSA) is 108 Å². The van der Waals surface area contributed by atoms with E-state index in [0.717, 1.165) is 0 Å². The molecule has 1 fully saturated rings. The van der Waals surface area contributed by atoms with Gasteiger partial charge in [-0.3, -0.25) is 0 Å². The summed E-state index contributed by atoms with van der Waals surface area (Å²) in [6.45, 7) is 0. The summed E-state index contributed by atoms with van der Waals surface area (Å²) in [7, 11) is 0. The molecule has 0 bridgehead atoms. The lowest BCUT2D eigenvalue weighted by Crippen LogP contribution is -2.62. The van der Waals surface area contributed by atoms with Crippen molar-refractivity contribution in [2.45, 2.75) is 30.7 Å². The zero-order chi connectivity index (χ0) is 25.5. The average molecular weight is 602 g/mol. The van der Waals surface area contributed by atoms with Gasteiger partial charge in [-0.25, -0.2) is 14.4 Å². The van der Waals surface area contributed by atoms with E-state index in [2.05, 4.69) is 0 Å². The summed E-state index contributed by atoms with van der Waals surface area (Å²) in [5.74, 6) is -2.17. The molecule has 3 aromatic carbocycles. The summed E-state index contributed by atoms with van der Waals surface area (Å²) in [6, 6.07) is 24.6. The van der Waals surface area contributed by atoms with Gasteiger partial charge in [0.15, 0.2) is 24.6 Å². The molecule has 0 radical (unpaired) electrons. The van der Waals surface area contributed by atoms with Gasteiger partial charge >= 0.3 is 17.9 Å². The van der Waals surface area contributed by atoms with E-state index in [1.165, 1.54) is 0 Å². The predicted molar refractivity (Wildman–Crippen MR) is 137 cm³/mol. The number of carbonyl (C=O) groups is 3. The van der Waals surface area contributed by atoms with E-state index >= 15 is 0 Å². The van der Waals surface area contributed by atoms with Gasteiger partial charge in [0, 0.05) is 4.43 Å². The minimum Gasteiger partial charge on any atom is -0.452 e. The fourth-order valence-corrected chi connectivity index (χ4v) is 4.43. The van der Waals surface area contributed by atoms with Gasteiger partial charge in [-0.2, -0.15) is 0 Å². The number of esters is 3. The monoisotopic (exact) mass is 602 g/mol. The molecule has 9 heteroatoms. The van der Waals surface area contributed by atoms with Gasteiger partial charge in [-0.1, -0.05) is 77.2 Å². The maximum Gasteiger partial charge on any atom is 0.338 e. The van der Waals surface area contributed by atoms with Crippen LogP contribution in [0.4, 0.5) is 0 Å². The second-order valence-corrected chi connectivity index (χ2v) is 8.81. The molecule has 186 valence electrons. The highest BCUT2D eigenvalue weighted by Gasteiger charge is 2.51. The first-order chi connectivity index (χ1) is 17.5. The van der Waals surface area contributed by atoms with Crippen molar-refractivity contribution in [1.82, 2.24) is 0 Å². The molecule has 1 aliphatic rings. The first kappa shape index (κ1) is 25.8. The standard InChI is InChI=1S/C27H23IO8/c28-16-20-21(34-24(29)17-10-4-1-5-11-17)22(35-25(30)18-12-6-2-7-13-18)23(27(32)33-20)36-26(31)19-14-8-3-9-15-19/h1-15,20-23,27,32H,16H2/t20-,21-,22+,23-,27-/m1/s1. The Morgan fingerprint density at radius 1 is 0.639 bits per heavy atom. The van der Waals surface area contributed by atoms with Crippen molar-refractivity contribution in [2.75, 3.05) is 4.43 Å². The summed E-state index contributed by atoms with van der Waals surface area (Å²) < 4.78 is 23.0. The Labute approximate surface area is 221 Å². The van der Waals surface area contributed by atoms with Gasteiger partial charge < -0.3 is 24.1 Å². The Balaban J connectivity index is 1.66. The van der Waals surface area contributed by atoms with Gasteiger partial charge in [0.25, 0.3) is 0 Å². The van der Waals surface area contributed by atoms with Gasteiger partial charge in [-0.05, 0) is 36.4 Å². The van der Waals surface area contributed by atoms with Crippen LogP contribution in [0.1, 0.15) is 31.1 Å². The lowest BCUT2D eigenvalue weighted by atomic mass is 9.98. The summed E-state index contributed by atoms with van der Waals surface area (Å²) in [4.78, 5) is 38.7. The van der Waals surface area contributed by atoms with Gasteiger partial charge in [0.05, 0.1) is 16.7 Å². The SMILES string of the molecule is O=C(O[C@@H]1[C@@H](OC(=O)c2ccccc2)[C@H](O)O[C@H](CI)[C@H]1OC(=O)c1ccccc1)c1ccccc1. The Hall–Kier alpha value is -3.28. The minimum absolute atomic E-state index is 0.228. The quantitative estimate of drug-likeness (QED) is 0.188. The molecular weight excluding hydrogens is 579 g/mol. The molecule has 5 atom stereocenters. The fraction of sp³-hybridized carbons (Fsp3) is 0.222. The summed E-state index contributed by atoms with van der Waals surface area (Å²) in [5, 5.41) is 10.8. The summed E-state index contributed by atoms with van der Waals surface area (Å²) >= 11 is 2.01. The van der Waals surface area contributed by atoms with Gasteiger partial charge in [0.1, 0.15) is 6.10 Å². The van der Waals surface area contributed by atoms with Crippen LogP contribution in [-0.4, -0.2) is 58.1 Å². The van der Waals surface area contributed by atoms with E-state index in [9.17, 15) is 19.5 Å². The molecular formula is C27H23IO8. The van der Waals surface area contributed by atoms with E-state index in [0.29, 0.717) is 4.43 Å². The lowest BCUT2D eigenvalue weighted by molar-refractivity contribution is -0.274. The third-order valence-electron chi connectivity index (χ3n) is 5.52. The third-order valence-corrected chi connectivity index (χ3v) is 6.39. The molecule has 4 rings (SSSR count). The second-order valence-electron chi connectivity index (χ2n) is 7.93. The van der Waals surface area contributed by atoms with Crippen LogP contribution in [0.2, 0.25) is 0 Å². The molecule has 1 heterocycles. The van der Waals surface area contributed by atoms with Crippen molar-refractivity contribution in [3.05, 3.63) is 108 Å². The number of hydrogen-bond donors (Lipinski definition) is 1. The van der Waals surface area contributed by atoms with Crippen molar-refractivity contribution in [2.24, 2.45) is 0 Å². The number of aliphatic hydroxyl groups excluding tert-OH is 1. The Kier molecular flexibility index (Phi) is 8.68. The van der Waals surface area contributed by atoms with Crippen molar-refractivity contribution in [3.63, 3.8) is 0 Å². The largest absolute Gasteiger partial charge is 0.452 e. The summed E-state index contributed by atoms with van der Waals surface area (Å²) in [6.07, 6.45) is -6.44. The second kappa shape index (κ2) is 12.1. The van der Waals surface area contributed by atoms with Crippen molar-refractivity contribution >= 4 is 40.5 Å². The van der Waals surface area contributed by atoms with Crippen LogP contribution in [0, 0.1) is 0 Å². The molecule has 36 heavy (non-hydrogen) atoms. The number of halogens is 1. The highest BCUT2D eigenvalue weighted by Crippen LogP contribution is 2.30. The van der Waals surface area contributed by atoms with Crippen LogP contribution in [0.5, 0.6) is 0 Å². The zero-order valence-electron chi connectivity index (χ0n) is 18.9. The molecule has 1 saturated heterocycles. The number of carbonyl (C=O) groups excluding carboxylic acids is 3. The van der Waals surface area contributed by atoms with Crippen LogP contribution >= 0.6 is 22.6 Å². The molecule has 0 amide bonds.